The van der Waals surface area contributed by atoms with Gasteiger partial charge >= 0.3 is 0 Å². The van der Waals surface area contributed by atoms with Crippen molar-refractivity contribution < 1.29 is 14.4 Å². The number of thiophene rings is 1. The number of carbonyl (C=O) groups excluding carboxylic acids is 3. The van der Waals surface area contributed by atoms with Crippen LogP contribution in [0.4, 0.5) is 10.8 Å². The quantitative estimate of drug-likeness (QED) is 0.103. The van der Waals surface area contributed by atoms with Crippen LogP contribution in [-0.2, 0) is 9.59 Å². The summed E-state index contributed by atoms with van der Waals surface area (Å²) in [6.07, 6.45) is 1.64. The highest BCUT2D eigenvalue weighted by Crippen LogP contribution is 2.30. The van der Waals surface area contributed by atoms with Gasteiger partial charge in [-0.2, -0.15) is 0 Å². The van der Waals surface area contributed by atoms with Gasteiger partial charge in [0, 0.05) is 32.0 Å². The van der Waals surface area contributed by atoms with Crippen LogP contribution < -0.4 is 16.0 Å². The van der Waals surface area contributed by atoms with E-state index in [1.54, 1.807) is 54.6 Å². The van der Waals surface area contributed by atoms with Gasteiger partial charge in [0.05, 0.1) is 21.5 Å². The molecule has 0 saturated carbocycles. The largest absolute Gasteiger partial charge is 0.321 e. The van der Waals surface area contributed by atoms with Crippen LogP contribution in [0.5, 0.6) is 0 Å². The summed E-state index contributed by atoms with van der Waals surface area (Å²) < 4.78 is 0. The van der Waals surface area contributed by atoms with Gasteiger partial charge in [-0.3, -0.25) is 14.4 Å². The molecule has 5 aromatic rings. The lowest BCUT2D eigenvalue weighted by atomic mass is 10.2. The Balaban J connectivity index is 1.16. The summed E-state index contributed by atoms with van der Waals surface area (Å²) in [5, 5.41) is 13.5. The first-order valence-corrected chi connectivity index (χ1v) is 16.2. The van der Waals surface area contributed by atoms with Crippen molar-refractivity contribution in [3.63, 3.8) is 0 Å². The standard InChI is InChI=1S/C31H22Cl2N4O3S3/c32-24-13-8-20(15-25(24)33)27-17-43-31(36-27)37-28(38)18-42-22-11-9-21(10-12-22)34-30(40)26(16-23-7-4-14-41-23)35-29(39)19-5-2-1-3-6-19/h1-17H,18H2,(H,34,40)(H,35,39)(H,36,37,38)/b26-16-. The SMILES string of the molecule is O=C(CSc1ccc(NC(=O)/C(=C/c2cccs2)NC(=O)c2ccccc2)cc1)Nc1nc(-c2ccc(Cl)c(Cl)c2)cs1. The zero-order chi connectivity index (χ0) is 30.2. The number of halogens is 2. The molecule has 2 aromatic heterocycles. The molecule has 3 amide bonds. The van der Waals surface area contributed by atoms with E-state index >= 15 is 0 Å². The monoisotopic (exact) mass is 664 g/mol. The van der Waals surface area contributed by atoms with E-state index in [9.17, 15) is 14.4 Å². The fourth-order valence-corrected chi connectivity index (χ4v) is 6.10. The van der Waals surface area contributed by atoms with E-state index in [-0.39, 0.29) is 23.3 Å². The second-order valence-electron chi connectivity index (χ2n) is 8.88. The van der Waals surface area contributed by atoms with Crippen molar-refractivity contribution in [1.29, 1.82) is 0 Å². The van der Waals surface area contributed by atoms with Gasteiger partial charge in [-0.15, -0.1) is 34.4 Å². The average Bonchev–Trinajstić information content (AvgIpc) is 3.71. The number of nitrogens with zero attached hydrogens (tertiary/aromatic N) is 1. The Hall–Kier alpha value is -3.93. The van der Waals surface area contributed by atoms with Crippen LogP contribution in [0.2, 0.25) is 10.0 Å². The third-order valence-corrected chi connectivity index (χ3v) is 9.13. The highest BCUT2D eigenvalue weighted by Gasteiger charge is 2.16. The molecule has 0 saturated heterocycles. The molecular formula is C31H22Cl2N4O3S3. The Morgan fingerprint density at radius 2 is 1.65 bits per heavy atom. The van der Waals surface area contributed by atoms with E-state index in [1.165, 1.54) is 34.4 Å². The molecule has 0 spiro atoms. The van der Waals surface area contributed by atoms with Gasteiger partial charge in [-0.05, 0) is 66.1 Å². The normalized spacial score (nSPS) is 11.2. The van der Waals surface area contributed by atoms with Crippen molar-refractivity contribution in [3.05, 3.63) is 122 Å². The molecule has 0 fully saturated rings. The first-order valence-electron chi connectivity index (χ1n) is 12.7. The van der Waals surface area contributed by atoms with E-state index in [1.807, 2.05) is 47.2 Å². The molecular weight excluding hydrogens is 643 g/mol. The van der Waals surface area contributed by atoms with Crippen molar-refractivity contribution >= 4 is 92.3 Å². The van der Waals surface area contributed by atoms with Crippen LogP contribution >= 0.6 is 57.6 Å². The van der Waals surface area contributed by atoms with Crippen LogP contribution in [0.3, 0.4) is 0 Å². The summed E-state index contributed by atoms with van der Waals surface area (Å²) >= 11 is 16.2. The molecule has 5 rings (SSSR count). The van der Waals surface area contributed by atoms with E-state index in [0.29, 0.717) is 32.1 Å². The Morgan fingerprint density at radius 1 is 0.860 bits per heavy atom. The van der Waals surface area contributed by atoms with Gasteiger partial charge in [0.15, 0.2) is 5.13 Å². The number of anilines is 2. The molecule has 0 radical (unpaired) electrons. The summed E-state index contributed by atoms with van der Waals surface area (Å²) in [4.78, 5) is 44.5. The zero-order valence-corrected chi connectivity index (χ0v) is 26.1. The topological polar surface area (TPSA) is 100 Å². The molecule has 0 aliphatic carbocycles. The maximum atomic E-state index is 13.1. The number of aromatic nitrogens is 1. The number of thiazole rings is 1. The molecule has 0 aliphatic heterocycles. The number of nitrogens with one attached hydrogen (secondary N) is 3. The van der Waals surface area contributed by atoms with Crippen molar-refractivity contribution in [3.8, 4) is 11.3 Å². The summed E-state index contributed by atoms with van der Waals surface area (Å²) in [6, 6.07) is 24.8. The minimum absolute atomic E-state index is 0.121. The summed E-state index contributed by atoms with van der Waals surface area (Å²) in [7, 11) is 0. The molecule has 3 N–H and O–H groups in total. The van der Waals surface area contributed by atoms with Crippen LogP contribution in [-0.4, -0.2) is 28.5 Å². The van der Waals surface area contributed by atoms with Crippen molar-refractivity contribution in [2.75, 3.05) is 16.4 Å². The molecule has 12 heteroatoms. The molecule has 2 heterocycles. The predicted octanol–water partition coefficient (Wildman–Crippen LogP) is 8.32. The minimum atomic E-state index is -0.457. The highest BCUT2D eigenvalue weighted by atomic mass is 35.5. The third kappa shape index (κ3) is 8.56. The minimum Gasteiger partial charge on any atom is -0.321 e. The predicted molar refractivity (Wildman–Crippen MR) is 178 cm³/mol. The molecule has 0 bridgehead atoms. The van der Waals surface area contributed by atoms with Crippen molar-refractivity contribution in [2.45, 2.75) is 4.90 Å². The smallest absolute Gasteiger partial charge is 0.272 e. The van der Waals surface area contributed by atoms with Gasteiger partial charge < -0.3 is 16.0 Å². The number of amides is 3. The summed E-state index contributed by atoms with van der Waals surface area (Å²) in [5.41, 5.74) is 2.61. The van der Waals surface area contributed by atoms with E-state index in [0.717, 1.165) is 15.3 Å². The molecule has 0 unspecified atom stereocenters. The number of carbonyl (C=O) groups is 3. The molecule has 3 aromatic carbocycles. The van der Waals surface area contributed by atoms with Gasteiger partial charge in [-0.1, -0.05) is 53.5 Å². The Morgan fingerprint density at radius 3 is 2.37 bits per heavy atom. The van der Waals surface area contributed by atoms with Crippen LogP contribution in [0, 0.1) is 0 Å². The first kappa shape index (κ1) is 30.5. The lowest BCUT2D eigenvalue weighted by Gasteiger charge is -2.11. The highest BCUT2D eigenvalue weighted by molar-refractivity contribution is 8.00. The lowest BCUT2D eigenvalue weighted by molar-refractivity contribution is -0.114. The number of rotatable bonds is 10. The molecule has 7 nitrogen and oxygen atoms in total. The van der Waals surface area contributed by atoms with Crippen LogP contribution in [0.25, 0.3) is 17.3 Å². The van der Waals surface area contributed by atoms with Gasteiger partial charge in [0.2, 0.25) is 5.91 Å². The maximum absolute atomic E-state index is 13.1. The van der Waals surface area contributed by atoms with Gasteiger partial charge in [0.25, 0.3) is 11.8 Å². The maximum Gasteiger partial charge on any atom is 0.272 e. The number of thioether (sulfide) groups is 1. The molecule has 43 heavy (non-hydrogen) atoms. The fraction of sp³-hybridized carbons (Fsp3) is 0.0323. The van der Waals surface area contributed by atoms with Crippen molar-refractivity contribution in [2.24, 2.45) is 0 Å². The summed E-state index contributed by atoms with van der Waals surface area (Å²) in [5.74, 6) is -0.866. The lowest BCUT2D eigenvalue weighted by Crippen LogP contribution is -2.30. The number of hydrogen-bond donors (Lipinski definition) is 3. The van der Waals surface area contributed by atoms with Gasteiger partial charge in [0.1, 0.15) is 5.70 Å². The van der Waals surface area contributed by atoms with Crippen LogP contribution in [0.15, 0.2) is 106 Å². The molecule has 0 aliphatic rings. The molecule has 0 atom stereocenters. The van der Waals surface area contributed by atoms with Crippen molar-refractivity contribution in [1.82, 2.24) is 10.3 Å². The Kier molecular flexibility index (Phi) is 10.3. The summed E-state index contributed by atoms with van der Waals surface area (Å²) in [6.45, 7) is 0. The number of benzene rings is 3. The van der Waals surface area contributed by atoms with E-state index in [4.69, 9.17) is 23.2 Å². The number of hydrogen-bond acceptors (Lipinski definition) is 7. The molecule has 216 valence electrons. The average molecular weight is 666 g/mol. The fourth-order valence-electron chi connectivity index (χ4n) is 3.71. The third-order valence-electron chi connectivity index (χ3n) is 5.81. The van der Waals surface area contributed by atoms with E-state index < -0.39 is 5.91 Å². The Labute approximate surface area is 270 Å². The first-order chi connectivity index (χ1) is 20.8. The van der Waals surface area contributed by atoms with Crippen LogP contribution in [0.1, 0.15) is 15.2 Å². The zero-order valence-electron chi connectivity index (χ0n) is 22.2. The second-order valence-corrected chi connectivity index (χ2v) is 12.6. The Bertz CT molecular complexity index is 1770. The van der Waals surface area contributed by atoms with Gasteiger partial charge in [-0.25, -0.2) is 4.98 Å². The second kappa shape index (κ2) is 14.5. The van der Waals surface area contributed by atoms with E-state index in [2.05, 4.69) is 20.9 Å².